The maximum Gasteiger partial charge on any atom is 0.254 e. The van der Waals surface area contributed by atoms with Gasteiger partial charge < -0.3 is 24.6 Å². The second-order valence-electron chi connectivity index (χ2n) is 9.30. The van der Waals surface area contributed by atoms with Crippen molar-refractivity contribution in [1.82, 2.24) is 14.8 Å². The van der Waals surface area contributed by atoms with Crippen molar-refractivity contribution in [2.24, 2.45) is 5.92 Å². The van der Waals surface area contributed by atoms with Crippen molar-refractivity contribution < 1.29 is 23.9 Å². The molecule has 3 heterocycles. The number of thiazole rings is 1. The Kier molecular flexibility index (Phi) is 8.15. The zero-order valence-electron chi connectivity index (χ0n) is 20.2. The maximum absolute atomic E-state index is 12.9. The van der Waals surface area contributed by atoms with Gasteiger partial charge in [-0.05, 0) is 18.1 Å². The summed E-state index contributed by atoms with van der Waals surface area (Å²) < 4.78 is 11.4. The van der Waals surface area contributed by atoms with E-state index in [1.54, 1.807) is 34.5 Å². The van der Waals surface area contributed by atoms with Gasteiger partial charge in [-0.2, -0.15) is 0 Å². The number of nitrogens with zero attached hydrogens (tertiary/aromatic N) is 3. The van der Waals surface area contributed by atoms with Gasteiger partial charge in [0.2, 0.25) is 11.8 Å². The Hall–Kier alpha value is -2.82. The molecule has 10 heteroatoms. The van der Waals surface area contributed by atoms with Crippen LogP contribution in [0.4, 0.5) is 5.13 Å². The third-order valence-electron chi connectivity index (χ3n) is 6.05. The van der Waals surface area contributed by atoms with E-state index >= 15 is 0 Å². The number of anilines is 1. The van der Waals surface area contributed by atoms with Crippen molar-refractivity contribution in [2.75, 3.05) is 44.7 Å². The number of piperidine rings is 1. The van der Waals surface area contributed by atoms with Crippen LogP contribution in [0.15, 0.2) is 35.7 Å². The van der Waals surface area contributed by atoms with Gasteiger partial charge in [0.15, 0.2) is 10.9 Å². The summed E-state index contributed by atoms with van der Waals surface area (Å²) in [4.78, 5) is 46.1. The lowest BCUT2D eigenvalue weighted by Crippen LogP contribution is -2.47. The summed E-state index contributed by atoms with van der Waals surface area (Å²) in [6.45, 7) is 6.80. The van der Waals surface area contributed by atoms with E-state index in [9.17, 15) is 14.4 Å². The number of carbonyl (C=O) groups is 3. The molecule has 2 fully saturated rings. The minimum Gasteiger partial charge on any atom is -0.347 e. The number of carbonyl (C=O) groups excluding carboxylic acids is 3. The first-order valence-corrected chi connectivity index (χ1v) is 12.9. The van der Waals surface area contributed by atoms with E-state index < -0.39 is 5.79 Å². The SMILES string of the molecule is CC(C)CN(CC(=O)Nc1nc(CC(=O)N2CCC3(CC2)OCCO3)cs1)C(=O)c1ccccc1. The van der Waals surface area contributed by atoms with Gasteiger partial charge >= 0.3 is 0 Å². The van der Waals surface area contributed by atoms with Gasteiger partial charge in [-0.25, -0.2) is 4.98 Å². The maximum atomic E-state index is 12.9. The molecule has 3 amide bonds. The van der Waals surface area contributed by atoms with Crippen molar-refractivity contribution in [3.8, 4) is 0 Å². The van der Waals surface area contributed by atoms with Crippen LogP contribution in [0.3, 0.4) is 0 Å². The Morgan fingerprint density at radius 2 is 1.83 bits per heavy atom. The number of aromatic nitrogens is 1. The summed E-state index contributed by atoms with van der Waals surface area (Å²) in [6.07, 6.45) is 1.52. The average molecular weight is 501 g/mol. The molecule has 0 unspecified atom stereocenters. The van der Waals surface area contributed by atoms with Crippen LogP contribution in [0, 0.1) is 5.92 Å². The standard InChI is InChI=1S/C25H32N4O5S/c1-18(2)15-29(23(32)19-6-4-3-5-7-19)16-21(30)27-24-26-20(17-35-24)14-22(31)28-10-8-25(9-11-28)33-12-13-34-25/h3-7,17-18H,8-16H2,1-2H3,(H,26,27,30). The van der Waals surface area contributed by atoms with Gasteiger partial charge in [-0.3, -0.25) is 14.4 Å². The van der Waals surface area contributed by atoms with Crippen LogP contribution < -0.4 is 5.32 Å². The van der Waals surface area contributed by atoms with Gasteiger partial charge in [0.1, 0.15) is 6.54 Å². The number of ether oxygens (including phenoxy) is 2. The molecule has 188 valence electrons. The van der Waals surface area contributed by atoms with E-state index in [4.69, 9.17) is 9.47 Å². The third kappa shape index (κ3) is 6.65. The van der Waals surface area contributed by atoms with Crippen LogP contribution in [-0.2, 0) is 25.5 Å². The normalized spacial score (nSPS) is 17.1. The van der Waals surface area contributed by atoms with E-state index in [1.807, 2.05) is 24.8 Å². The molecule has 2 aliphatic rings. The van der Waals surface area contributed by atoms with E-state index in [0.717, 1.165) is 0 Å². The molecule has 2 saturated heterocycles. The molecule has 0 bridgehead atoms. The number of rotatable bonds is 8. The van der Waals surface area contributed by atoms with Crippen molar-refractivity contribution >= 4 is 34.2 Å². The Balaban J connectivity index is 1.29. The number of amides is 3. The number of nitrogens with one attached hydrogen (secondary N) is 1. The molecule has 2 aliphatic heterocycles. The zero-order valence-corrected chi connectivity index (χ0v) is 21.0. The monoisotopic (exact) mass is 500 g/mol. The Morgan fingerprint density at radius 3 is 2.49 bits per heavy atom. The lowest BCUT2D eigenvalue weighted by Gasteiger charge is -2.37. The highest BCUT2D eigenvalue weighted by molar-refractivity contribution is 7.13. The highest BCUT2D eigenvalue weighted by atomic mass is 32.1. The molecular formula is C25H32N4O5S. The quantitative estimate of drug-likeness (QED) is 0.598. The number of hydrogen-bond acceptors (Lipinski definition) is 7. The number of hydrogen-bond donors (Lipinski definition) is 1. The van der Waals surface area contributed by atoms with Crippen LogP contribution in [0.2, 0.25) is 0 Å². The Morgan fingerprint density at radius 1 is 1.14 bits per heavy atom. The van der Waals surface area contributed by atoms with Crippen molar-refractivity contribution in [3.05, 3.63) is 47.0 Å². The summed E-state index contributed by atoms with van der Waals surface area (Å²) in [5.41, 5.74) is 1.16. The molecule has 1 N–H and O–H groups in total. The first-order chi connectivity index (χ1) is 16.8. The second kappa shape index (κ2) is 11.3. The second-order valence-corrected chi connectivity index (χ2v) is 10.2. The van der Waals surface area contributed by atoms with Crippen molar-refractivity contribution in [1.29, 1.82) is 0 Å². The van der Waals surface area contributed by atoms with Crippen LogP contribution in [0.1, 0.15) is 42.7 Å². The van der Waals surface area contributed by atoms with Gasteiger partial charge in [-0.1, -0.05) is 32.0 Å². The van der Waals surface area contributed by atoms with Gasteiger partial charge in [0.05, 0.1) is 25.3 Å². The lowest BCUT2D eigenvalue weighted by molar-refractivity contribution is -0.187. The predicted octanol–water partition coefficient (Wildman–Crippen LogP) is 2.79. The van der Waals surface area contributed by atoms with Gasteiger partial charge in [-0.15, -0.1) is 11.3 Å². The molecule has 2 aromatic rings. The summed E-state index contributed by atoms with van der Waals surface area (Å²) in [7, 11) is 0. The van der Waals surface area contributed by atoms with E-state index in [0.29, 0.717) is 62.1 Å². The Labute approximate surface area is 209 Å². The molecule has 35 heavy (non-hydrogen) atoms. The first kappa shape index (κ1) is 25.3. The summed E-state index contributed by atoms with van der Waals surface area (Å²) in [6, 6.07) is 8.94. The lowest BCUT2D eigenvalue weighted by atomic mass is 10.0. The first-order valence-electron chi connectivity index (χ1n) is 12.0. The van der Waals surface area contributed by atoms with Crippen molar-refractivity contribution in [2.45, 2.75) is 38.9 Å². The molecule has 1 aromatic carbocycles. The zero-order chi connectivity index (χ0) is 24.8. The average Bonchev–Trinajstić information content (AvgIpc) is 3.48. The van der Waals surface area contributed by atoms with E-state index in [-0.39, 0.29) is 36.6 Å². The molecule has 0 radical (unpaired) electrons. The van der Waals surface area contributed by atoms with Crippen LogP contribution in [-0.4, -0.2) is 77.7 Å². The van der Waals surface area contributed by atoms with Gasteiger partial charge in [0, 0.05) is 43.4 Å². The van der Waals surface area contributed by atoms with Crippen molar-refractivity contribution in [3.63, 3.8) is 0 Å². The van der Waals surface area contributed by atoms with E-state index in [1.165, 1.54) is 11.3 Å². The molecule has 4 rings (SSSR count). The molecule has 0 saturated carbocycles. The molecule has 1 aromatic heterocycles. The summed E-state index contributed by atoms with van der Waals surface area (Å²) in [5, 5.41) is 4.97. The fraction of sp³-hybridized carbons (Fsp3) is 0.520. The van der Waals surface area contributed by atoms with E-state index in [2.05, 4.69) is 10.3 Å². The predicted molar refractivity (Wildman–Crippen MR) is 132 cm³/mol. The number of likely N-dealkylation sites (tertiary alicyclic amines) is 1. The highest BCUT2D eigenvalue weighted by Crippen LogP contribution is 2.31. The fourth-order valence-electron chi connectivity index (χ4n) is 4.35. The number of benzene rings is 1. The molecule has 1 spiro atoms. The smallest absolute Gasteiger partial charge is 0.254 e. The minimum absolute atomic E-state index is 0.00223. The Bertz CT molecular complexity index is 1030. The third-order valence-corrected chi connectivity index (χ3v) is 6.86. The molecule has 9 nitrogen and oxygen atoms in total. The highest BCUT2D eigenvalue weighted by Gasteiger charge is 2.40. The van der Waals surface area contributed by atoms with Crippen LogP contribution in [0.25, 0.3) is 0 Å². The fourth-order valence-corrected chi connectivity index (χ4v) is 5.08. The molecule has 0 aliphatic carbocycles. The summed E-state index contributed by atoms with van der Waals surface area (Å²) >= 11 is 1.27. The van der Waals surface area contributed by atoms with Crippen LogP contribution >= 0.6 is 11.3 Å². The molecule has 0 atom stereocenters. The summed E-state index contributed by atoms with van der Waals surface area (Å²) in [5.74, 6) is -0.807. The van der Waals surface area contributed by atoms with Crippen LogP contribution in [0.5, 0.6) is 0 Å². The molecular weight excluding hydrogens is 468 g/mol. The minimum atomic E-state index is -0.514. The topological polar surface area (TPSA) is 101 Å². The largest absolute Gasteiger partial charge is 0.347 e. The van der Waals surface area contributed by atoms with Gasteiger partial charge in [0.25, 0.3) is 5.91 Å².